The Balaban J connectivity index is 1.91. The smallest absolute Gasteiger partial charge is 0.201 e. The number of imidazole rings is 1. The van der Waals surface area contributed by atoms with Gasteiger partial charge >= 0.3 is 0 Å². The van der Waals surface area contributed by atoms with Gasteiger partial charge in [-0.15, -0.1) is 0 Å². The van der Waals surface area contributed by atoms with Crippen molar-refractivity contribution in [3.63, 3.8) is 0 Å². The number of methoxy groups -OCH3 is 2. The van der Waals surface area contributed by atoms with Gasteiger partial charge in [-0.05, 0) is 19.3 Å². The van der Waals surface area contributed by atoms with Crippen LogP contribution < -0.4 is 15.2 Å². The van der Waals surface area contributed by atoms with E-state index in [1.54, 1.807) is 14.2 Å². The van der Waals surface area contributed by atoms with E-state index in [2.05, 4.69) is 4.98 Å². The highest BCUT2D eigenvalue weighted by atomic mass is 16.5. The molecule has 114 valence electrons. The molecule has 2 N–H and O–H groups in total. The van der Waals surface area contributed by atoms with Crippen molar-refractivity contribution in [3.8, 4) is 11.5 Å². The minimum absolute atomic E-state index is 0.335. The first-order chi connectivity index (χ1) is 10.2. The molecule has 1 atom stereocenters. The number of aryl methyl sites for hydroxylation is 1. The number of aromatic nitrogens is 2. The van der Waals surface area contributed by atoms with E-state index in [4.69, 9.17) is 19.9 Å². The first-order valence-corrected chi connectivity index (χ1v) is 7.22. The van der Waals surface area contributed by atoms with Crippen molar-refractivity contribution in [1.29, 1.82) is 0 Å². The lowest BCUT2D eigenvalue weighted by atomic mass is 10.2. The Kier molecular flexibility index (Phi) is 3.88. The Morgan fingerprint density at radius 1 is 1.33 bits per heavy atom. The van der Waals surface area contributed by atoms with Crippen LogP contribution in [-0.2, 0) is 11.3 Å². The van der Waals surface area contributed by atoms with Gasteiger partial charge in [-0.3, -0.25) is 0 Å². The van der Waals surface area contributed by atoms with Gasteiger partial charge < -0.3 is 24.5 Å². The molecule has 2 aromatic rings. The fraction of sp³-hybridized carbons (Fsp3) is 0.533. The van der Waals surface area contributed by atoms with Crippen LogP contribution in [0, 0.1) is 0 Å². The quantitative estimate of drug-likeness (QED) is 0.914. The zero-order valence-corrected chi connectivity index (χ0v) is 12.5. The minimum Gasteiger partial charge on any atom is -0.493 e. The van der Waals surface area contributed by atoms with Crippen molar-refractivity contribution >= 4 is 17.0 Å². The van der Waals surface area contributed by atoms with E-state index in [1.165, 1.54) is 0 Å². The molecule has 0 radical (unpaired) electrons. The van der Waals surface area contributed by atoms with Crippen LogP contribution in [0.1, 0.15) is 19.3 Å². The number of nitrogens with zero attached hydrogens (tertiary/aromatic N) is 2. The number of ether oxygens (including phenoxy) is 3. The summed E-state index contributed by atoms with van der Waals surface area (Å²) in [4.78, 5) is 4.41. The number of nitrogen functional groups attached to an aromatic ring is 1. The van der Waals surface area contributed by atoms with Gasteiger partial charge in [-0.2, -0.15) is 0 Å². The predicted molar refractivity (Wildman–Crippen MR) is 80.8 cm³/mol. The summed E-state index contributed by atoms with van der Waals surface area (Å²) in [6, 6.07) is 3.78. The van der Waals surface area contributed by atoms with E-state index in [1.807, 2.05) is 16.7 Å². The fourth-order valence-electron chi connectivity index (χ4n) is 2.85. The number of nitrogens with two attached hydrogens (primary N) is 1. The number of hydrogen-bond acceptors (Lipinski definition) is 5. The van der Waals surface area contributed by atoms with Gasteiger partial charge in [0.25, 0.3) is 0 Å². The molecule has 0 aliphatic carbocycles. The van der Waals surface area contributed by atoms with Crippen LogP contribution >= 0.6 is 0 Å². The molecule has 21 heavy (non-hydrogen) atoms. The van der Waals surface area contributed by atoms with Gasteiger partial charge in [0.15, 0.2) is 11.5 Å². The zero-order valence-electron chi connectivity index (χ0n) is 12.5. The van der Waals surface area contributed by atoms with Crippen LogP contribution in [0.3, 0.4) is 0 Å². The van der Waals surface area contributed by atoms with Crippen molar-refractivity contribution in [2.24, 2.45) is 0 Å². The van der Waals surface area contributed by atoms with E-state index >= 15 is 0 Å². The third-order valence-electron chi connectivity index (χ3n) is 3.98. The van der Waals surface area contributed by atoms with Crippen molar-refractivity contribution < 1.29 is 14.2 Å². The highest BCUT2D eigenvalue weighted by molar-refractivity contribution is 5.82. The second kappa shape index (κ2) is 5.81. The van der Waals surface area contributed by atoms with Gasteiger partial charge in [0, 0.05) is 25.3 Å². The van der Waals surface area contributed by atoms with Gasteiger partial charge in [0.2, 0.25) is 5.95 Å². The molecular formula is C15H21N3O3. The molecule has 0 spiro atoms. The van der Waals surface area contributed by atoms with E-state index in [0.717, 1.165) is 43.4 Å². The SMILES string of the molecule is COc1cc2nc(N)n(CCC3CCCO3)c2cc1OC. The van der Waals surface area contributed by atoms with Crippen LogP contribution in [-0.4, -0.2) is 36.5 Å². The maximum Gasteiger partial charge on any atom is 0.201 e. The molecule has 1 aromatic carbocycles. The van der Waals surface area contributed by atoms with Gasteiger partial charge in [0.1, 0.15) is 0 Å². The average molecular weight is 291 g/mol. The number of rotatable bonds is 5. The molecule has 1 saturated heterocycles. The van der Waals surface area contributed by atoms with Crippen molar-refractivity contribution in [3.05, 3.63) is 12.1 Å². The second-order valence-corrected chi connectivity index (χ2v) is 5.24. The van der Waals surface area contributed by atoms with Crippen LogP contribution in [0.5, 0.6) is 11.5 Å². The van der Waals surface area contributed by atoms with Crippen molar-refractivity contribution in [2.45, 2.75) is 31.9 Å². The number of anilines is 1. The summed E-state index contributed by atoms with van der Waals surface area (Å²) in [5, 5.41) is 0. The molecule has 0 saturated carbocycles. The second-order valence-electron chi connectivity index (χ2n) is 5.24. The minimum atomic E-state index is 0.335. The number of fused-ring (bicyclic) bond motifs is 1. The van der Waals surface area contributed by atoms with Gasteiger partial charge in [-0.25, -0.2) is 4.98 Å². The molecule has 3 rings (SSSR count). The summed E-state index contributed by atoms with van der Waals surface area (Å²) >= 11 is 0. The number of hydrogen-bond donors (Lipinski definition) is 1. The monoisotopic (exact) mass is 291 g/mol. The topological polar surface area (TPSA) is 71.5 Å². The highest BCUT2D eigenvalue weighted by Gasteiger charge is 2.18. The molecule has 0 bridgehead atoms. The maximum atomic E-state index is 6.05. The lowest BCUT2D eigenvalue weighted by Gasteiger charge is -2.12. The molecule has 1 aliphatic heterocycles. The van der Waals surface area contributed by atoms with Crippen LogP contribution in [0.4, 0.5) is 5.95 Å². The molecule has 1 aliphatic rings. The van der Waals surface area contributed by atoms with Gasteiger partial charge in [0.05, 0.1) is 31.4 Å². The molecule has 0 amide bonds. The Hall–Kier alpha value is -1.95. The molecule has 6 nitrogen and oxygen atoms in total. The summed E-state index contributed by atoms with van der Waals surface area (Å²) < 4.78 is 18.3. The predicted octanol–water partition coefficient (Wildman–Crippen LogP) is 2.20. The first-order valence-electron chi connectivity index (χ1n) is 7.22. The fourth-order valence-corrected chi connectivity index (χ4v) is 2.85. The van der Waals surface area contributed by atoms with Crippen molar-refractivity contribution in [2.75, 3.05) is 26.6 Å². The number of benzene rings is 1. The molecule has 1 fully saturated rings. The summed E-state index contributed by atoms with van der Waals surface area (Å²) in [5.41, 5.74) is 7.83. The maximum absolute atomic E-state index is 6.05. The normalized spacial score (nSPS) is 18.3. The molecule has 6 heteroatoms. The van der Waals surface area contributed by atoms with Crippen LogP contribution in [0.25, 0.3) is 11.0 Å². The van der Waals surface area contributed by atoms with E-state index < -0.39 is 0 Å². The standard InChI is InChI=1S/C15H21N3O3/c1-19-13-8-11-12(9-14(13)20-2)18(15(16)17-11)6-5-10-4-3-7-21-10/h8-10H,3-7H2,1-2H3,(H2,16,17). The largest absolute Gasteiger partial charge is 0.493 e. The molecule has 1 aromatic heterocycles. The Labute approximate surface area is 123 Å². The lowest BCUT2D eigenvalue weighted by molar-refractivity contribution is 0.101. The Bertz CT molecular complexity index is 633. The van der Waals surface area contributed by atoms with Crippen LogP contribution in [0.2, 0.25) is 0 Å². The highest BCUT2D eigenvalue weighted by Crippen LogP contribution is 2.33. The van der Waals surface area contributed by atoms with Gasteiger partial charge in [-0.1, -0.05) is 0 Å². The summed E-state index contributed by atoms with van der Waals surface area (Å²) in [6.45, 7) is 1.67. The lowest BCUT2D eigenvalue weighted by Crippen LogP contribution is -2.11. The van der Waals surface area contributed by atoms with Crippen LogP contribution in [0.15, 0.2) is 12.1 Å². The molecule has 1 unspecified atom stereocenters. The average Bonchev–Trinajstić information content (AvgIpc) is 3.10. The van der Waals surface area contributed by atoms with E-state index in [-0.39, 0.29) is 0 Å². The first kappa shape index (κ1) is 14.0. The zero-order chi connectivity index (χ0) is 14.8. The van der Waals surface area contributed by atoms with E-state index in [0.29, 0.717) is 23.6 Å². The molecule has 2 heterocycles. The van der Waals surface area contributed by atoms with Crippen molar-refractivity contribution in [1.82, 2.24) is 9.55 Å². The summed E-state index contributed by atoms with van der Waals surface area (Å²) in [6.07, 6.45) is 3.56. The molecular weight excluding hydrogens is 270 g/mol. The Morgan fingerprint density at radius 2 is 2.10 bits per heavy atom. The van der Waals surface area contributed by atoms with E-state index in [9.17, 15) is 0 Å². The third kappa shape index (κ3) is 2.63. The third-order valence-corrected chi connectivity index (χ3v) is 3.98. The Morgan fingerprint density at radius 3 is 2.76 bits per heavy atom. The summed E-state index contributed by atoms with van der Waals surface area (Å²) in [7, 11) is 3.24. The summed E-state index contributed by atoms with van der Waals surface area (Å²) in [5.74, 6) is 1.86.